The molecule has 0 aliphatic rings. The molecule has 0 bridgehead atoms. The summed E-state index contributed by atoms with van der Waals surface area (Å²) in [6.45, 7) is 4.22. The first kappa shape index (κ1) is 20.3. The van der Waals surface area contributed by atoms with Gasteiger partial charge in [0.1, 0.15) is 6.23 Å². The predicted molar refractivity (Wildman–Crippen MR) is 111 cm³/mol. The summed E-state index contributed by atoms with van der Waals surface area (Å²) < 4.78 is 17.8. The molecule has 29 heavy (non-hydrogen) atoms. The normalized spacial score (nSPS) is 11.9. The first-order valence-electron chi connectivity index (χ1n) is 8.96. The van der Waals surface area contributed by atoms with Crippen LogP contribution < -0.4 is 19.9 Å². The van der Waals surface area contributed by atoms with Crippen LogP contribution in [0.25, 0.3) is 16.5 Å². The van der Waals surface area contributed by atoms with Crippen LogP contribution in [0.2, 0.25) is 0 Å². The first-order valence-corrected chi connectivity index (χ1v) is 8.96. The predicted octanol–water partition coefficient (Wildman–Crippen LogP) is 3.09. The molecule has 7 nitrogen and oxygen atoms in total. The average molecular weight is 396 g/mol. The van der Waals surface area contributed by atoms with Crippen molar-refractivity contribution in [2.75, 3.05) is 21.3 Å². The molecular formula is C22H24N2O5. The van der Waals surface area contributed by atoms with E-state index in [-0.39, 0.29) is 6.42 Å². The van der Waals surface area contributed by atoms with Gasteiger partial charge in [0.15, 0.2) is 11.5 Å². The van der Waals surface area contributed by atoms with E-state index in [1.165, 1.54) is 0 Å². The third-order valence-corrected chi connectivity index (χ3v) is 4.79. The van der Waals surface area contributed by atoms with Crippen LogP contribution >= 0.6 is 0 Å². The smallest absolute Gasteiger partial charge is 0.221 e. The highest BCUT2D eigenvalue weighted by Crippen LogP contribution is 2.41. The largest absolute Gasteiger partial charge is 0.493 e. The molecule has 0 saturated heterocycles. The lowest BCUT2D eigenvalue weighted by molar-refractivity contribution is -0.121. The van der Waals surface area contributed by atoms with Crippen molar-refractivity contribution in [1.82, 2.24) is 4.57 Å². The Labute approximate surface area is 168 Å². The highest BCUT2D eigenvalue weighted by molar-refractivity contribution is 5.88. The Morgan fingerprint density at radius 3 is 2.28 bits per heavy atom. The Kier molecular flexibility index (Phi) is 5.79. The van der Waals surface area contributed by atoms with Crippen molar-refractivity contribution >= 4 is 22.4 Å². The minimum absolute atomic E-state index is 0.149. The topological polar surface area (TPSA) is 95.9 Å². The number of carbonyl (C=O) groups is 1. The lowest BCUT2D eigenvalue weighted by atomic mass is 9.97. The van der Waals surface area contributed by atoms with Crippen molar-refractivity contribution in [3.8, 4) is 17.2 Å². The molecule has 3 rings (SSSR count). The Balaban J connectivity index is 1.99. The van der Waals surface area contributed by atoms with E-state index in [0.29, 0.717) is 17.2 Å². The molecule has 2 aromatic carbocycles. The molecule has 1 unspecified atom stereocenters. The van der Waals surface area contributed by atoms with Gasteiger partial charge in [-0.05, 0) is 47.0 Å². The number of methoxy groups -OCH3 is 3. The van der Waals surface area contributed by atoms with Crippen LogP contribution in [-0.2, 0) is 4.79 Å². The summed E-state index contributed by atoms with van der Waals surface area (Å²) in [5, 5.41) is 11.1. The van der Waals surface area contributed by atoms with Gasteiger partial charge in [0.05, 0.1) is 33.3 Å². The number of hydrogen-bond acceptors (Lipinski definition) is 5. The van der Waals surface area contributed by atoms with Gasteiger partial charge in [-0.1, -0.05) is 12.6 Å². The van der Waals surface area contributed by atoms with Gasteiger partial charge in [0.25, 0.3) is 0 Å². The number of carbonyl (C=O) groups excluding carboxylic acids is 1. The summed E-state index contributed by atoms with van der Waals surface area (Å²) >= 11 is 0. The number of ether oxygens (including phenoxy) is 3. The van der Waals surface area contributed by atoms with Gasteiger partial charge in [-0.2, -0.15) is 0 Å². The molecule has 3 N–H and O–H groups in total. The van der Waals surface area contributed by atoms with Crippen molar-refractivity contribution in [2.24, 2.45) is 5.73 Å². The fourth-order valence-electron chi connectivity index (χ4n) is 3.31. The molecule has 0 aliphatic heterocycles. The van der Waals surface area contributed by atoms with E-state index in [1.54, 1.807) is 32.1 Å². The molecule has 0 radical (unpaired) electrons. The summed E-state index contributed by atoms with van der Waals surface area (Å²) in [4.78, 5) is 11.1. The van der Waals surface area contributed by atoms with E-state index in [2.05, 4.69) is 6.58 Å². The number of amides is 1. The summed E-state index contributed by atoms with van der Waals surface area (Å²) in [7, 11) is 4.69. The van der Waals surface area contributed by atoms with Crippen LogP contribution in [0.1, 0.15) is 23.8 Å². The van der Waals surface area contributed by atoms with Crippen molar-refractivity contribution in [1.29, 1.82) is 0 Å². The zero-order valence-corrected chi connectivity index (χ0v) is 16.6. The van der Waals surface area contributed by atoms with E-state index in [4.69, 9.17) is 19.9 Å². The molecule has 0 spiro atoms. The van der Waals surface area contributed by atoms with Crippen LogP contribution in [0.5, 0.6) is 17.2 Å². The van der Waals surface area contributed by atoms with Crippen molar-refractivity contribution < 1.29 is 24.1 Å². The number of primary amides is 1. The maximum Gasteiger partial charge on any atom is 0.221 e. The highest BCUT2D eigenvalue weighted by Gasteiger charge is 2.17. The second-order valence-electron chi connectivity index (χ2n) is 6.54. The number of fused-ring (bicyclic) bond motifs is 1. The molecule has 3 aromatic rings. The Bertz CT molecular complexity index is 1050. The minimum atomic E-state index is -1.01. The number of aliphatic hydroxyl groups excluding tert-OH is 1. The molecule has 0 fully saturated rings. The fourth-order valence-corrected chi connectivity index (χ4v) is 3.31. The van der Waals surface area contributed by atoms with Gasteiger partial charge >= 0.3 is 0 Å². The molecule has 1 amide bonds. The summed E-state index contributed by atoms with van der Waals surface area (Å²) in [6, 6.07) is 11.3. The first-order chi connectivity index (χ1) is 13.9. The molecule has 152 valence electrons. The fraction of sp³-hybridized carbons (Fsp3) is 0.227. The minimum Gasteiger partial charge on any atom is -0.493 e. The number of hydrogen-bond donors (Lipinski definition) is 2. The molecule has 1 atom stereocenters. The van der Waals surface area contributed by atoms with Crippen LogP contribution in [0, 0.1) is 0 Å². The molecule has 1 heterocycles. The maximum atomic E-state index is 11.1. The lowest BCUT2D eigenvalue weighted by Crippen LogP contribution is -2.18. The van der Waals surface area contributed by atoms with Crippen LogP contribution in [0.15, 0.2) is 49.2 Å². The second-order valence-corrected chi connectivity index (χ2v) is 6.54. The van der Waals surface area contributed by atoms with Gasteiger partial charge in [-0.25, -0.2) is 0 Å². The SMILES string of the molecule is C=C(c1cc(OC)c(OC)c(OC)c1)c1ccc2c(ccn2C(O)CC(N)=O)c1. The monoisotopic (exact) mass is 396 g/mol. The molecule has 0 saturated carbocycles. The number of aliphatic hydroxyl groups is 1. The molecule has 0 aliphatic carbocycles. The van der Waals surface area contributed by atoms with Crippen LogP contribution in [0.4, 0.5) is 0 Å². The summed E-state index contributed by atoms with van der Waals surface area (Å²) in [5.41, 5.74) is 8.48. The van der Waals surface area contributed by atoms with Crippen LogP contribution in [-0.4, -0.2) is 36.9 Å². The van der Waals surface area contributed by atoms with Gasteiger partial charge in [0, 0.05) is 11.6 Å². The van der Waals surface area contributed by atoms with E-state index in [1.807, 2.05) is 36.4 Å². The maximum absolute atomic E-state index is 11.1. The van der Waals surface area contributed by atoms with E-state index >= 15 is 0 Å². The van der Waals surface area contributed by atoms with E-state index in [9.17, 15) is 9.90 Å². The van der Waals surface area contributed by atoms with E-state index in [0.717, 1.165) is 27.6 Å². The molecule has 7 heteroatoms. The van der Waals surface area contributed by atoms with Gasteiger partial charge in [-0.15, -0.1) is 0 Å². The zero-order chi connectivity index (χ0) is 21.1. The standard InChI is InChI=1S/C22H24N2O5/c1-13(16-10-18(27-2)22(29-4)19(11-16)28-3)14-5-6-17-15(9-14)7-8-24(17)21(26)12-20(23)25/h5-11,21,26H,1,12H2,2-4H3,(H2,23,25). The number of aromatic nitrogens is 1. The Hall–Kier alpha value is -3.45. The van der Waals surface area contributed by atoms with Gasteiger partial charge in [-0.3, -0.25) is 4.79 Å². The van der Waals surface area contributed by atoms with E-state index < -0.39 is 12.1 Å². The molecular weight excluding hydrogens is 372 g/mol. The highest BCUT2D eigenvalue weighted by atomic mass is 16.5. The zero-order valence-electron chi connectivity index (χ0n) is 16.6. The van der Waals surface area contributed by atoms with Gasteiger partial charge in [0.2, 0.25) is 11.7 Å². The Morgan fingerprint density at radius 2 is 1.72 bits per heavy atom. The van der Waals surface area contributed by atoms with Crippen molar-refractivity contribution in [3.63, 3.8) is 0 Å². The molecule has 1 aromatic heterocycles. The second kappa shape index (κ2) is 8.28. The van der Waals surface area contributed by atoms with Gasteiger partial charge < -0.3 is 29.6 Å². The number of benzene rings is 2. The Morgan fingerprint density at radius 1 is 1.07 bits per heavy atom. The number of nitrogens with two attached hydrogens (primary N) is 1. The summed E-state index contributed by atoms with van der Waals surface area (Å²) in [6.07, 6.45) is 0.572. The third kappa shape index (κ3) is 3.90. The number of nitrogens with zero attached hydrogens (tertiary/aromatic N) is 1. The third-order valence-electron chi connectivity index (χ3n) is 4.79. The van der Waals surface area contributed by atoms with Crippen LogP contribution in [0.3, 0.4) is 0 Å². The summed E-state index contributed by atoms with van der Waals surface area (Å²) in [5.74, 6) is 1.05. The quantitative estimate of drug-likeness (QED) is 0.610. The average Bonchev–Trinajstić information content (AvgIpc) is 3.14. The van der Waals surface area contributed by atoms with Crippen molar-refractivity contribution in [2.45, 2.75) is 12.6 Å². The number of rotatable bonds is 8. The van der Waals surface area contributed by atoms with Crippen molar-refractivity contribution in [3.05, 3.63) is 60.3 Å². The lowest BCUT2D eigenvalue weighted by Gasteiger charge is -2.16.